The molecule has 0 radical (unpaired) electrons. The predicted octanol–water partition coefficient (Wildman–Crippen LogP) is 0.0797. The van der Waals surface area contributed by atoms with Gasteiger partial charge in [0.05, 0.1) is 12.7 Å². The van der Waals surface area contributed by atoms with Crippen LogP contribution in [-0.2, 0) is 0 Å². The molecule has 0 fully saturated rings. The molecule has 1 aromatic rings. The number of hydrogen-bond donors (Lipinski definition) is 3. The molecule has 13 heavy (non-hydrogen) atoms. The van der Waals surface area contributed by atoms with Gasteiger partial charge in [0, 0.05) is 5.69 Å². The van der Waals surface area contributed by atoms with Crippen molar-refractivity contribution in [3.05, 3.63) is 23.8 Å². The Labute approximate surface area is 75.6 Å². The van der Waals surface area contributed by atoms with Gasteiger partial charge in [0.15, 0.2) is 0 Å². The molecule has 0 aromatic heterocycles. The monoisotopic (exact) mass is 181 g/mol. The molecule has 0 aliphatic carbocycles. The Bertz CT molecular complexity index is 325. The molecular weight excluding hydrogens is 170 g/mol. The van der Waals surface area contributed by atoms with E-state index in [9.17, 15) is 4.79 Å². The number of nitrogens with two attached hydrogens (primary N) is 2. The van der Waals surface area contributed by atoms with Crippen LogP contribution in [0.4, 0.5) is 5.69 Å². The summed E-state index contributed by atoms with van der Waals surface area (Å²) in [5, 5.41) is 0. The summed E-state index contributed by atoms with van der Waals surface area (Å²) in [6, 6.07) is 4.84. The molecule has 5 nitrogen and oxygen atoms in total. The van der Waals surface area contributed by atoms with Gasteiger partial charge in [-0.15, -0.1) is 0 Å². The average Bonchev–Trinajstić information content (AvgIpc) is 2.16. The first-order valence-corrected chi connectivity index (χ1v) is 3.63. The Balaban J connectivity index is 3.18. The SMILES string of the molecule is COc1ccc(NN)cc1C(N)=O. The summed E-state index contributed by atoms with van der Waals surface area (Å²) in [4.78, 5) is 10.9. The maximum Gasteiger partial charge on any atom is 0.252 e. The first-order chi connectivity index (χ1) is 6.19. The highest BCUT2D eigenvalue weighted by Gasteiger charge is 2.08. The summed E-state index contributed by atoms with van der Waals surface area (Å²) in [5.74, 6) is 5.06. The number of amides is 1. The quantitative estimate of drug-likeness (QED) is 0.455. The van der Waals surface area contributed by atoms with Crippen LogP contribution in [0, 0.1) is 0 Å². The number of anilines is 1. The van der Waals surface area contributed by atoms with Gasteiger partial charge in [-0.25, -0.2) is 0 Å². The maximum absolute atomic E-state index is 10.9. The van der Waals surface area contributed by atoms with Gasteiger partial charge in [0.25, 0.3) is 5.91 Å². The summed E-state index contributed by atoms with van der Waals surface area (Å²) >= 11 is 0. The Hall–Kier alpha value is -1.75. The van der Waals surface area contributed by atoms with Crippen molar-refractivity contribution in [2.45, 2.75) is 0 Å². The molecule has 5 N–H and O–H groups in total. The Morgan fingerprint density at radius 1 is 1.54 bits per heavy atom. The van der Waals surface area contributed by atoms with Crippen molar-refractivity contribution in [3.8, 4) is 5.75 Å². The lowest BCUT2D eigenvalue weighted by atomic mass is 10.1. The van der Waals surface area contributed by atoms with E-state index >= 15 is 0 Å². The third kappa shape index (κ3) is 1.88. The summed E-state index contributed by atoms with van der Waals surface area (Å²) in [6.07, 6.45) is 0. The van der Waals surface area contributed by atoms with Crippen LogP contribution in [0.5, 0.6) is 5.75 Å². The van der Waals surface area contributed by atoms with Gasteiger partial charge in [-0.1, -0.05) is 0 Å². The summed E-state index contributed by atoms with van der Waals surface area (Å²) in [7, 11) is 1.47. The van der Waals surface area contributed by atoms with E-state index in [2.05, 4.69) is 5.43 Å². The molecule has 0 aliphatic rings. The normalized spacial score (nSPS) is 9.38. The van der Waals surface area contributed by atoms with Crippen molar-refractivity contribution in [1.29, 1.82) is 0 Å². The molecule has 0 spiro atoms. The molecule has 1 rings (SSSR count). The second kappa shape index (κ2) is 3.77. The summed E-state index contributed by atoms with van der Waals surface area (Å²) in [5.41, 5.74) is 8.45. The number of primary amides is 1. The first-order valence-electron chi connectivity index (χ1n) is 3.63. The minimum absolute atomic E-state index is 0.304. The third-order valence-corrected chi connectivity index (χ3v) is 1.63. The van der Waals surface area contributed by atoms with E-state index in [1.165, 1.54) is 13.2 Å². The molecule has 0 atom stereocenters. The number of hydrazine groups is 1. The number of nitrogen functional groups attached to an aromatic ring is 1. The lowest BCUT2D eigenvalue weighted by Crippen LogP contribution is -2.14. The fourth-order valence-corrected chi connectivity index (χ4v) is 0.990. The van der Waals surface area contributed by atoms with Crippen LogP contribution in [0.15, 0.2) is 18.2 Å². The summed E-state index contributed by atoms with van der Waals surface area (Å²) < 4.78 is 4.94. The van der Waals surface area contributed by atoms with Crippen LogP contribution in [0.25, 0.3) is 0 Å². The van der Waals surface area contributed by atoms with E-state index in [0.29, 0.717) is 17.0 Å². The van der Waals surface area contributed by atoms with Crippen LogP contribution in [0.1, 0.15) is 10.4 Å². The first kappa shape index (κ1) is 9.34. The van der Waals surface area contributed by atoms with Gasteiger partial charge in [-0.3, -0.25) is 10.6 Å². The Morgan fingerprint density at radius 2 is 2.23 bits per heavy atom. The van der Waals surface area contributed by atoms with Crippen LogP contribution in [-0.4, -0.2) is 13.0 Å². The van der Waals surface area contributed by atoms with Crippen LogP contribution in [0.3, 0.4) is 0 Å². The number of methoxy groups -OCH3 is 1. The minimum atomic E-state index is -0.547. The van der Waals surface area contributed by atoms with Gasteiger partial charge in [-0.05, 0) is 18.2 Å². The van der Waals surface area contributed by atoms with Crippen molar-refractivity contribution in [2.24, 2.45) is 11.6 Å². The second-order valence-corrected chi connectivity index (χ2v) is 2.42. The second-order valence-electron chi connectivity index (χ2n) is 2.42. The fraction of sp³-hybridized carbons (Fsp3) is 0.125. The highest BCUT2D eigenvalue weighted by Crippen LogP contribution is 2.21. The van der Waals surface area contributed by atoms with Crippen molar-refractivity contribution in [1.82, 2.24) is 0 Å². The molecule has 1 amide bonds. The third-order valence-electron chi connectivity index (χ3n) is 1.63. The molecule has 0 heterocycles. The number of nitrogens with one attached hydrogen (secondary N) is 1. The molecular formula is C8H11N3O2. The van der Waals surface area contributed by atoms with Crippen molar-refractivity contribution >= 4 is 11.6 Å². The van der Waals surface area contributed by atoms with E-state index in [1.54, 1.807) is 12.1 Å². The maximum atomic E-state index is 10.9. The molecule has 0 saturated carbocycles. The lowest BCUT2D eigenvalue weighted by molar-refractivity contribution is 0.0997. The Kier molecular flexibility index (Phi) is 2.71. The molecule has 1 aromatic carbocycles. The number of carbonyl (C=O) groups is 1. The number of rotatable bonds is 3. The Morgan fingerprint density at radius 3 is 2.69 bits per heavy atom. The van der Waals surface area contributed by atoms with E-state index < -0.39 is 5.91 Å². The predicted molar refractivity (Wildman–Crippen MR) is 49.3 cm³/mol. The van der Waals surface area contributed by atoms with Gasteiger partial charge < -0.3 is 15.9 Å². The van der Waals surface area contributed by atoms with Crippen molar-refractivity contribution < 1.29 is 9.53 Å². The highest BCUT2D eigenvalue weighted by molar-refractivity contribution is 5.96. The standard InChI is InChI=1S/C8H11N3O2/c1-13-7-3-2-5(11-10)4-6(7)8(9)12/h2-4,11H,10H2,1H3,(H2,9,12). The smallest absolute Gasteiger partial charge is 0.252 e. The van der Waals surface area contributed by atoms with Gasteiger partial charge in [0.2, 0.25) is 0 Å². The molecule has 0 bridgehead atoms. The van der Waals surface area contributed by atoms with Crippen molar-refractivity contribution in [3.63, 3.8) is 0 Å². The highest BCUT2D eigenvalue weighted by atomic mass is 16.5. The van der Waals surface area contributed by atoms with E-state index in [1.807, 2.05) is 0 Å². The number of hydrogen-bond acceptors (Lipinski definition) is 4. The molecule has 0 aliphatic heterocycles. The minimum Gasteiger partial charge on any atom is -0.496 e. The average molecular weight is 181 g/mol. The van der Waals surface area contributed by atoms with E-state index in [0.717, 1.165) is 0 Å². The molecule has 70 valence electrons. The fourth-order valence-electron chi connectivity index (χ4n) is 0.990. The molecule has 0 saturated heterocycles. The topological polar surface area (TPSA) is 90.4 Å². The summed E-state index contributed by atoms with van der Waals surface area (Å²) in [6.45, 7) is 0. The van der Waals surface area contributed by atoms with Crippen molar-refractivity contribution in [2.75, 3.05) is 12.5 Å². The van der Waals surface area contributed by atoms with Crippen LogP contribution in [0.2, 0.25) is 0 Å². The van der Waals surface area contributed by atoms with E-state index in [-0.39, 0.29) is 0 Å². The zero-order chi connectivity index (χ0) is 9.84. The van der Waals surface area contributed by atoms with Gasteiger partial charge in [-0.2, -0.15) is 0 Å². The zero-order valence-corrected chi connectivity index (χ0v) is 7.20. The largest absolute Gasteiger partial charge is 0.496 e. The number of benzene rings is 1. The molecule has 0 unspecified atom stereocenters. The number of ether oxygens (including phenoxy) is 1. The van der Waals surface area contributed by atoms with Gasteiger partial charge in [0.1, 0.15) is 5.75 Å². The van der Waals surface area contributed by atoms with E-state index in [4.69, 9.17) is 16.3 Å². The van der Waals surface area contributed by atoms with Crippen LogP contribution < -0.4 is 21.7 Å². The number of carbonyl (C=O) groups excluding carboxylic acids is 1. The van der Waals surface area contributed by atoms with Gasteiger partial charge >= 0.3 is 0 Å². The molecule has 5 heteroatoms. The lowest BCUT2D eigenvalue weighted by Gasteiger charge is -2.07. The van der Waals surface area contributed by atoms with Crippen LogP contribution >= 0.6 is 0 Å². The zero-order valence-electron chi connectivity index (χ0n) is 7.20.